The molecule has 2 N–H and O–H groups in total. The van der Waals surface area contributed by atoms with Crippen LogP contribution in [0, 0.1) is 0 Å². The molecule has 1 aliphatic rings. The van der Waals surface area contributed by atoms with Gasteiger partial charge in [-0.2, -0.15) is 0 Å². The van der Waals surface area contributed by atoms with Crippen LogP contribution in [0.4, 0.5) is 4.79 Å². The number of nitrogens with one attached hydrogen (secondary N) is 2. The number of urea groups is 1. The fourth-order valence-electron chi connectivity index (χ4n) is 2.71. The summed E-state index contributed by atoms with van der Waals surface area (Å²) in [5, 5.41) is 6.29. The number of amides is 2. The third kappa shape index (κ3) is 3.16. The van der Waals surface area contributed by atoms with Gasteiger partial charge in [0.1, 0.15) is 0 Å². The minimum absolute atomic E-state index is 0.170. The summed E-state index contributed by atoms with van der Waals surface area (Å²) in [4.78, 5) is 24.9. The Bertz CT molecular complexity index is 847. The molecule has 24 heavy (non-hydrogen) atoms. The van der Waals surface area contributed by atoms with E-state index in [-0.39, 0.29) is 11.8 Å². The van der Waals surface area contributed by atoms with Crippen LogP contribution in [0.25, 0.3) is 0 Å². The number of benzene rings is 2. The van der Waals surface area contributed by atoms with Crippen molar-refractivity contribution in [2.75, 3.05) is 0 Å². The van der Waals surface area contributed by atoms with Crippen LogP contribution in [0.5, 0.6) is 0 Å². The summed E-state index contributed by atoms with van der Waals surface area (Å²) >= 11 is 12.2. The maximum atomic E-state index is 13.0. The lowest BCUT2D eigenvalue weighted by Gasteiger charge is -2.29. The predicted molar refractivity (Wildman–Crippen MR) is 94.3 cm³/mol. The van der Waals surface area contributed by atoms with Crippen molar-refractivity contribution in [3.63, 3.8) is 0 Å². The molecule has 0 fully saturated rings. The number of hydrogen-bond donors (Lipinski definition) is 2. The maximum absolute atomic E-state index is 13.0. The van der Waals surface area contributed by atoms with E-state index in [4.69, 9.17) is 23.2 Å². The first kappa shape index (κ1) is 16.6. The average Bonchev–Trinajstić information content (AvgIpc) is 2.54. The van der Waals surface area contributed by atoms with Crippen molar-refractivity contribution in [1.82, 2.24) is 10.6 Å². The number of carbonyl (C=O) groups is 2. The molecule has 6 heteroatoms. The van der Waals surface area contributed by atoms with Gasteiger partial charge in [-0.1, -0.05) is 59.6 Å². The minimum Gasteiger partial charge on any atom is -0.327 e. The molecule has 1 atom stereocenters. The molecule has 0 saturated carbocycles. The van der Waals surface area contributed by atoms with E-state index in [0.29, 0.717) is 32.4 Å². The van der Waals surface area contributed by atoms with Gasteiger partial charge in [0.2, 0.25) is 0 Å². The van der Waals surface area contributed by atoms with E-state index >= 15 is 0 Å². The Morgan fingerprint density at radius 3 is 2.46 bits per heavy atom. The zero-order chi connectivity index (χ0) is 17.3. The zero-order valence-electron chi connectivity index (χ0n) is 12.8. The Morgan fingerprint density at radius 2 is 1.79 bits per heavy atom. The second-order valence-electron chi connectivity index (χ2n) is 5.43. The fourth-order valence-corrected chi connectivity index (χ4v) is 3.23. The van der Waals surface area contributed by atoms with Gasteiger partial charge < -0.3 is 10.6 Å². The predicted octanol–water partition coefficient (Wildman–Crippen LogP) is 4.50. The first-order valence-corrected chi connectivity index (χ1v) is 8.06. The Kier molecular flexibility index (Phi) is 4.60. The maximum Gasteiger partial charge on any atom is 0.319 e. The Balaban J connectivity index is 2.10. The molecule has 0 saturated heterocycles. The number of Topliss-reactive ketones (excluding diaryl/α,β-unsaturated/α-hetero) is 1. The monoisotopic (exact) mass is 360 g/mol. The zero-order valence-corrected chi connectivity index (χ0v) is 14.3. The normalized spacial score (nSPS) is 17.3. The molecule has 122 valence electrons. The van der Waals surface area contributed by atoms with Gasteiger partial charge in [0.25, 0.3) is 0 Å². The van der Waals surface area contributed by atoms with Crippen LogP contribution in [-0.4, -0.2) is 11.8 Å². The highest BCUT2D eigenvalue weighted by atomic mass is 35.5. The van der Waals surface area contributed by atoms with Crippen LogP contribution in [0.1, 0.15) is 28.9 Å². The Hall–Kier alpha value is -2.30. The molecule has 1 heterocycles. The van der Waals surface area contributed by atoms with Crippen LogP contribution >= 0.6 is 23.2 Å². The molecule has 4 nitrogen and oxygen atoms in total. The lowest BCUT2D eigenvalue weighted by atomic mass is 9.89. The molecule has 1 aliphatic heterocycles. The van der Waals surface area contributed by atoms with Gasteiger partial charge in [0.05, 0.1) is 6.04 Å². The minimum atomic E-state index is -0.642. The molecule has 3 rings (SSSR count). The average molecular weight is 361 g/mol. The highest BCUT2D eigenvalue weighted by Gasteiger charge is 2.32. The van der Waals surface area contributed by atoms with Gasteiger partial charge >= 0.3 is 6.03 Å². The number of rotatable bonds is 3. The lowest BCUT2D eigenvalue weighted by Crippen LogP contribution is -2.45. The van der Waals surface area contributed by atoms with E-state index in [1.807, 2.05) is 6.07 Å². The summed E-state index contributed by atoms with van der Waals surface area (Å²) < 4.78 is 0. The van der Waals surface area contributed by atoms with E-state index in [1.165, 1.54) is 0 Å². The quantitative estimate of drug-likeness (QED) is 0.791. The highest BCUT2D eigenvalue weighted by molar-refractivity contribution is 6.35. The number of hydrogen-bond acceptors (Lipinski definition) is 2. The van der Waals surface area contributed by atoms with E-state index in [0.717, 1.165) is 0 Å². The third-order valence-corrected chi connectivity index (χ3v) is 4.39. The Morgan fingerprint density at radius 1 is 1.08 bits per heavy atom. The largest absolute Gasteiger partial charge is 0.327 e. The van der Waals surface area contributed by atoms with Gasteiger partial charge in [0, 0.05) is 26.9 Å². The van der Waals surface area contributed by atoms with Crippen molar-refractivity contribution >= 4 is 35.0 Å². The van der Waals surface area contributed by atoms with Crippen molar-refractivity contribution in [3.05, 3.63) is 81.0 Å². The number of carbonyl (C=O) groups excluding carboxylic acids is 2. The fraction of sp³-hybridized carbons (Fsp3) is 0.111. The number of ketones is 1. The lowest BCUT2D eigenvalue weighted by molar-refractivity contribution is 0.102. The van der Waals surface area contributed by atoms with Gasteiger partial charge in [-0.05, 0) is 24.6 Å². The van der Waals surface area contributed by atoms with Gasteiger partial charge in [-0.15, -0.1) is 0 Å². The highest BCUT2D eigenvalue weighted by Crippen LogP contribution is 2.34. The summed E-state index contributed by atoms with van der Waals surface area (Å²) in [6.07, 6.45) is 0. The van der Waals surface area contributed by atoms with Gasteiger partial charge in [-0.25, -0.2) is 4.79 Å². The van der Waals surface area contributed by atoms with E-state index in [1.54, 1.807) is 49.4 Å². The summed E-state index contributed by atoms with van der Waals surface area (Å²) in [5.74, 6) is -0.170. The van der Waals surface area contributed by atoms with E-state index < -0.39 is 6.04 Å². The molecule has 0 unspecified atom stereocenters. The van der Waals surface area contributed by atoms with Crippen LogP contribution in [-0.2, 0) is 0 Å². The summed E-state index contributed by atoms with van der Waals surface area (Å²) in [5.41, 5.74) is 2.11. The van der Waals surface area contributed by atoms with Crippen LogP contribution in [0.2, 0.25) is 10.0 Å². The van der Waals surface area contributed by atoms with Crippen molar-refractivity contribution in [2.24, 2.45) is 0 Å². The van der Waals surface area contributed by atoms with Crippen molar-refractivity contribution in [1.29, 1.82) is 0 Å². The van der Waals surface area contributed by atoms with Crippen LogP contribution in [0.15, 0.2) is 59.8 Å². The molecule has 0 aromatic heterocycles. The number of allylic oxidation sites excluding steroid dienone is 1. The topological polar surface area (TPSA) is 58.2 Å². The molecule has 0 radical (unpaired) electrons. The Labute approximate surface area is 149 Å². The van der Waals surface area contributed by atoms with Gasteiger partial charge in [-0.3, -0.25) is 4.79 Å². The van der Waals surface area contributed by atoms with E-state index in [2.05, 4.69) is 10.6 Å². The molecule has 2 aromatic carbocycles. The molecular formula is C18H14Cl2N2O2. The van der Waals surface area contributed by atoms with Crippen LogP contribution in [0.3, 0.4) is 0 Å². The van der Waals surface area contributed by atoms with Crippen LogP contribution < -0.4 is 10.6 Å². The second kappa shape index (κ2) is 6.67. The molecular weight excluding hydrogens is 347 g/mol. The third-order valence-electron chi connectivity index (χ3n) is 3.82. The molecule has 2 amide bonds. The van der Waals surface area contributed by atoms with Crippen molar-refractivity contribution < 1.29 is 9.59 Å². The molecule has 0 spiro atoms. The summed E-state index contributed by atoms with van der Waals surface area (Å²) in [6, 6.07) is 12.9. The molecule has 0 aliphatic carbocycles. The summed E-state index contributed by atoms with van der Waals surface area (Å²) in [7, 11) is 0. The molecule has 0 bridgehead atoms. The first-order valence-electron chi connectivity index (χ1n) is 7.30. The standard InChI is InChI=1S/C18H14Cl2N2O2/c1-10-15(17(23)11-5-3-2-4-6-11)16(22-18(24)21-10)13-8-7-12(19)9-14(13)20/h2-9,16H,1H3,(H2,21,22,24)/t16-/m0/s1. The summed E-state index contributed by atoms with van der Waals surface area (Å²) in [6.45, 7) is 1.70. The van der Waals surface area contributed by atoms with E-state index in [9.17, 15) is 9.59 Å². The first-order chi connectivity index (χ1) is 11.5. The van der Waals surface area contributed by atoms with Crippen molar-refractivity contribution in [2.45, 2.75) is 13.0 Å². The molecule has 2 aromatic rings. The SMILES string of the molecule is CC1=C(C(=O)c2ccccc2)[C@H](c2ccc(Cl)cc2Cl)NC(=O)N1. The van der Waals surface area contributed by atoms with Gasteiger partial charge in [0.15, 0.2) is 5.78 Å². The number of halogens is 2. The second-order valence-corrected chi connectivity index (χ2v) is 6.27. The smallest absolute Gasteiger partial charge is 0.319 e. The van der Waals surface area contributed by atoms with Crippen molar-refractivity contribution in [3.8, 4) is 0 Å².